The summed E-state index contributed by atoms with van der Waals surface area (Å²) in [5.41, 5.74) is 3.52. The summed E-state index contributed by atoms with van der Waals surface area (Å²) in [5, 5.41) is 12.3. The van der Waals surface area contributed by atoms with Gasteiger partial charge in [0.1, 0.15) is 5.82 Å². The molecule has 0 saturated carbocycles. The van der Waals surface area contributed by atoms with Crippen LogP contribution in [-0.4, -0.2) is 59.1 Å². The van der Waals surface area contributed by atoms with Gasteiger partial charge in [-0.15, -0.1) is 0 Å². The number of amides is 1. The van der Waals surface area contributed by atoms with Crippen LogP contribution in [-0.2, 0) is 13.2 Å². The number of hydrogen-bond donors (Lipinski definition) is 2. The molecule has 0 unspecified atom stereocenters. The Balaban J connectivity index is 1.77. The number of rotatable bonds is 6. The number of benzene rings is 1. The number of aliphatic hydroxyl groups is 1. The Bertz CT molecular complexity index is 853. The van der Waals surface area contributed by atoms with E-state index >= 15 is 0 Å². The molecule has 1 aliphatic rings. The van der Waals surface area contributed by atoms with E-state index in [4.69, 9.17) is 0 Å². The second-order valence-corrected chi connectivity index (χ2v) is 7.54. The molecule has 2 N–H and O–H groups in total. The highest BCUT2D eigenvalue weighted by Gasteiger charge is 2.27. The van der Waals surface area contributed by atoms with Gasteiger partial charge >= 0.3 is 0 Å². The molecule has 1 atom stereocenters. The second kappa shape index (κ2) is 8.67. The minimum atomic E-state index is -0.305. The maximum absolute atomic E-state index is 12.7. The van der Waals surface area contributed by atoms with Gasteiger partial charge in [0, 0.05) is 36.9 Å². The van der Waals surface area contributed by atoms with Crippen molar-refractivity contribution >= 4 is 11.7 Å². The summed E-state index contributed by atoms with van der Waals surface area (Å²) in [7, 11) is 4.19. The first kappa shape index (κ1) is 20.2. The summed E-state index contributed by atoms with van der Waals surface area (Å²) < 4.78 is 0. The lowest BCUT2D eigenvalue weighted by atomic mass is 10.1. The molecular formula is C21H29N5O2. The molecule has 1 aliphatic heterocycles. The molecule has 0 spiro atoms. The van der Waals surface area contributed by atoms with Gasteiger partial charge in [0.2, 0.25) is 5.82 Å². The second-order valence-electron chi connectivity index (χ2n) is 7.54. The van der Waals surface area contributed by atoms with Gasteiger partial charge in [-0.1, -0.05) is 24.3 Å². The number of aliphatic hydroxyl groups excluding tert-OH is 1. The van der Waals surface area contributed by atoms with Crippen LogP contribution in [0.25, 0.3) is 0 Å². The SMILES string of the molecule is Cc1nc(C(=O)NCc2ccccc2CO)nc(N2CC[C@@H](N(C)C)C2)c1C. The van der Waals surface area contributed by atoms with Crippen molar-refractivity contribution in [1.82, 2.24) is 20.2 Å². The zero-order chi connectivity index (χ0) is 20.3. The van der Waals surface area contributed by atoms with E-state index < -0.39 is 0 Å². The summed E-state index contributed by atoms with van der Waals surface area (Å²) in [6.45, 7) is 6.01. The number of carbonyl (C=O) groups excluding carboxylic acids is 1. The first-order valence-corrected chi connectivity index (χ1v) is 9.63. The Labute approximate surface area is 166 Å². The standard InChI is InChI=1S/C21H29N5O2/c1-14-15(2)23-19(24-20(14)26-10-9-18(12-26)25(3)4)21(28)22-11-16-7-5-6-8-17(16)13-27/h5-8,18,27H,9-13H2,1-4H3,(H,22,28)/t18-/m1/s1. The van der Waals surface area contributed by atoms with E-state index in [0.29, 0.717) is 12.6 Å². The predicted octanol–water partition coefficient (Wildman–Crippen LogP) is 1.66. The smallest absolute Gasteiger partial charge is 0.289 e. The highest BCUT2D eigenvalue weighted by Crippen LogP contribution is 2.25. The molecule has 28 heavy (non-hydrogen) atoms. The minimum Gasteiger partial charge on any atom is -0.392 e. The van der Waals surface area contributed by atoms with Gasteiger partial charge in [-0.2, -0.15) is 0 Å². The van der Waals surface area contributed by atoms with Crippen molar-refractivity contribution < 1.29 is 9.90 Å². The summed E-state index contributed by atoms with van der Waals surface area (Å²) in [6, 6.07) is 7.99. The van der Waals surface area contributed by atoms with Crippen molar-refractivity contribution in [1.29, 1.82) is 0 Å². The fourth-order valence-electron chi connectivity index (χ4n) is 3.52. The van der Waals surface area contributed by atoms with Crippen LogP contribution < -0.4 is 10.2 Å². The Morgan fingerprint density at radius 2 is 1.96 bits per heavy atom. The lowest BCUT2D eigenvalue weighted by Gasteiger charge is -2.23. The third-order valence-corrected chi connectivity index (χ3v) is 5.49. The summed E-state index contributed by atoms with van der Waals surface area (Å²) in [4.78, 5) is 26.2. The Morgan fingerprint density at radius 3 is 2.61 bits per heavy atom. The van der Waals surface area contributed by atoms with Crippen molar-refractivity contribution in [3.05, 3.63) is 52.5 Å². The number of likely N-dealkylation sites (N-methyl/N-ethyl adjacent to an activating group) is 1. The third-order valence-electron chi connectivity index (χ3n) is 5.49. The molecule has 7 heteroatoms. The van der Waals surface area contributed by atoms with E-state index in [0.717, 1.165) is 47.7 Å². The van der Waals surface area contributed by atoms with Crippen LogP contribution in [0.2, 0.25) is 0 Å². The van der Waals surface area contributed by atoms with Gasteiger partial charge in [0.05, 0.1) is 6.61 Å². The highest BCUT2D eigenvalue weighted by molar-refractivity contribution is 5.91. The molecule has 0 aliphatic carbocycles. The van der Waals surface area contributed by atoms with Crippen LogP contribution >= 0.6 is 0 Å². The minimum absolute atomic E-state index is 0.0572. The van der Waals surface area contributed by atoms with Crippen LogP contribution in [0.1, 0.15) is 39.4 Å². The van der Waals surface area contributed by atoms with Crippen LogP contribution in [0, 0.1) is 13.8 Å². The van der Waals surface area contributed by atoms with Crippen LogP contribution in [0.5, 0.6) is 0 Å². The van der Waals surface area contributed by atoms with Crippen molar-refractivity contribution in [3.8, 4) is 0 Å². The molecule has 7 nitrogen and oxygen atoms in total. The summed E-state index contributed by atoms with van der Waals surface area (Å²) in [5.74, 6) is 0.728. The van der Waals surface area contributed by atoms with Gasteiger partial charge in [-0.3, -0.25) is 4.79 Å². The fourth-order valence-corrected chi connectivity index (χ4v) is 3.52. The van der Waals surface area contributed by atoms with Crippen molar-refractivity contribution in [2.45, 2.75) is 39.5 Å². The van der Waals surface area contributed by atoms with E-state index in [-0.39, 0.29) is 18.3 Å². The van der Waals surface area contributed by atoms with E-state index in [1.165, 1.54) is 0 Å². The number of hydrogen-bond acceptors (Lipinski definition) is 6. The number of carbonyl (C=O) groups is 1. The van der Waals surface area contributed by atoms with E-state index in [1.54, 1.807) is 0 Å². The summed E-state index contributed by atoms with van der Waals surface area (Å²) in [6.07, 6.45) is 1.08. The summed E-state index contributed by atoms with van der Waals surface area (Å²) >= 11 is 0. The largest absolute Gasteiger partial charge is 0.392 e. The maximum atomic E-state index is 12.7. The van der Waals surface area contributed by atoms with Crippen molar-refractivity contribution in [2.24, 2.45) is 0 Å². The number of nitrogens with zero attached hydrogens (tertiary/aromatic N) is 4. The van der Waals surface area contributed by atoms with Gasteiger partial charge in [-0.25, -0.2) is 9.97 Å². The molecule has 2 aromatic rings. The molecule has 1 fully saturated rings. The Morgan fingerprint density at radius 1 is 1.25 bits per heavy atom. The predicted molar refractivity (Wildman–Crippen MR) is 109 cm³/mol. The molecule has 1 aromatic heterocycles. The highest BCUT2D eigenvalue weighted by atomic mass is 16.3. The molecule has 1 aromatic carbocycles. The Kier molecular flexibility index (Phi) is 6.26. The Hall–Kier alpha value is -2.51. The van der Waals surface area contributed by atoms with Crippen LogP contribution in [0.15, 0.2) is 24.3 Å². The quantitative estimate of drug-likeness (QED) is 0.790. The number of aryl methyl sites for hydroxylation is 1. The van der Waals surface area contributed by atoms with Gasteiger partial charge in [0.15, 0.2) is 0 Å². The third kappa shape index (κ3) is 4.31. The average molecular weight is 383 g/mol. The molecule has 150 valence electrons. The van der Waals surface area contributed by atoms with Gasteiger partial charge in [0.25, 0.3) is 5.91 Å². The molecule has 0 radical (unpaired) electrons. The lowest BCUT2D eigenvalue weighted by molar-refractivity contribution is 0.0940. The number of nitrogens with one attached hydrogen (secondary N) is 1. The van der Waals surface area contributed by atoms with E-state index in [2.05, 4.69) is 39.2 Å². The topological polar surface area (TPSA) is 81.6 Å². The first-order valence-electron chi connectivity index (χ1n) is 9.63. The first-order chi connectivity index (χ1) is 13.4. The normalized spacial score (nSPS) is 16.6. The molecule has 2 heterocycles. The van der Waals surface area contributed by atoms with Crippen molar-refractivity contribution in [2.75, 3.05) is 32.1 Å². The molecular weight excluding hydrogens is 354 g/mol. The van der Waals surface area contributed by atoms with E-state index in [9.17, 15) is 9.90 Å². The maximum Gasteiger partial charge on any atom is 0.289 e. The zero-order valence-corrected chi connectivity index (χ0v) is 17.1. The molecule has 0 bridgehead atoms. The zero-order valence-electron chi connectivity index (χ0n) is 17.1. The molecule has 1 amide bonds. The lowest BCUT2D eigenvalue weighted by Crippen LogP contribution is -2.33. The fraction of sp³-hybridized carbons (Fsp3) is 0.476. The average Bonchev–Trinajstić information content (AvgIpc) is 3.18. The number of anilines is 1. The monoisotopic (exact) mass is 383 g/mol. The van der Waals surface area contributed by atoms with Crippen LogP contribution in [0.3, 0.4) is 0 Å². The van der Waals surface area contributed by atoms with E-state index in [1.807, 2.05) is 38.1 Å². The van der Waals surface area contributed by atoms with Crippen LogP contribution in [0.4, 0.5) is 5.82 Å². The molecule has 3 rings (SSSR count). The molecule has 1 saturated heterocycles. The van der Waals surface area contributed by atoms with Gasteiger partial charge in [-0.05, 0) is 45.5 Å². The number of aromatic nitrogens is 2. The van der Waals surface area contributed by atoms with Crippen molar-refractivity contribution in [3.63, 3.8) is 0 Å². The van der Waals surface area contributed by atoms with Gasteiger partial charge < -0.3 is 20.2 Å².